The van der Waals surface area contributed by atoms with Gasteiger partial charge >= 0.3 is 6.18 Å². The first-order valence-corrected chi connectivity index (χ1v) is 11.4. The molecule has 0 bridgehead atoms. The van der Waals surface area contributed by atoms with E-state index in [1.165, 1.54) is 35.2 Å². The van der Waals surface area contributed by atoms with Crippen LogP contribution in [0.3, 0.4) is 0 Å². The van der Waals surface area contributed by atoms with Crippen molar-refractivity contribution in [3.63, 3.8) is 0 Å². The number of fused-ring (bicyclic) bond motifs is 1. The van der Waals surface area contributed by atoms with E-state index in [0.717, 1.165) is 5.56 Å². The number of aryl methyl sites for hydroxylation is 1. The summed E-state index contributed by atoms with van der Waals surface area (Å²) in [6.07, 6.45) is -4.81. The fraction of sp³-hybridized carbons (Fsp3) is 0.385. The molecule has 2 aromatic carbocycles. The third-order valence-corrected chi connectivity index (χ3v) is 6.56. The molecule has 2 atom stereocenters. The van der Waals surface area contributed by atoms with Gasteiger partial charge in [-0.25, -0.2) is 0 Å². The molecule has 192 valence electrons. The molecule has 2 aliphatic rings. The molecule has 0 aromatic heterocycles. The number of hydrogen-bond donors (Lipinski definition) is 3. The van der Waals surface area contributed by atoms with E-state index in [0.29, 0.717) is 11.4 Å². The minimum absolute atomic E-state index is 0.0214. The number of ether oxygens (including phenoxy) is 1. The first-order chi connectivity index (χ1) is 16.7. The van der Waals surface area contributed by atoms with Crippen LogP contribution in [-0.4, -0.2) is 45.7 Å². The number of para-hydroxylation sites is 1. The number of carbonyl (C=O) groups is 2. The number of carbonyl (C=O) groups excluding carboxylic acids is 2. The quantitative estimate of drug-likeness (QED) is 0.592. The monoisotopic (exact) mass is 503 g/mol. The molecule has 1 saturated heterocycles. The molecule has 1 fully saturated rings. The number of rotatable bonds is 4. The van der Waals surface area contributed by atoms with E-state index in [4.69, 9.17) is 4.74 Å². The maximum Gasteiger partial charge on any atom is 0.423 e. The maximum atomic E-state index is 13.9. The van der Waals surface area contributed by atoms with E-state index in [2.05, 4.69) is 17.2 Å². The molecule has 3 N–H and O–H groups in total. The van der Waals surface area contributed by atoms with Crippen LogP contribution in [0.1, 0.15) is 53.4 Å². The number of alkyl halides is 3. The first kappa shape index (κ1) is 25.6. The van der Waals surface area contributed by atoms with Gasteiger partial charge in [0.15, 0.2) is 0 Å². The predicted octanol–water partition coefficient (Wildman–Crippen LogP) is 3.72. The largest absolute Gasteiger partial charge is 0.490 e. The van der Waals surface area contributed by atoms with Crippen LogP contribution in [0.4, 0.5) is 13.2 Å². The Labute approximate surface area is 206 Å². The van der Waals surface area contributed by atoms with E-state index in [1.54, 1.807) is 12.1 Å². The van der Waals surface area contributed by atoms with Crippen molar-refractivity contribution in [1.82, 2.24) is 15.5 Å². The van der Waals surface area contributed by atoms with Gasteiger partial charge in [-0.2, -0.15) is 13.2 Å². The van der Waals surface area contributed by atoms with Gasteiger partial charge in [-0.05, 0) is 50.1 Å². The lowest BCUT2D eigenvalue weighted by atomic mass is 9.85. The summed E-state index contributed by atoms with van der Waals surface area (Å²) in [7, 11) is 0. The number of nitrogens with one attached hydrogen (secondary N) is 2. The zero-order valence-electron chi connectivity index (χ0n) is 20.2. The van der Waals surface area contributed by atoms with Gasteiger partial charge in [-0.1, -0.05) is 30.8 Å². The predicted molar refractivity (Wildman–Crippen MR) is 126 cm³/mol. The zero-order valence-corrected chi connectivity index (χ0v) is 20.2. The third-order valence-electron chi connectivity index (χ3n) is 6.56. The van der Waals surface area contributed by atoms with Gasteiger partial charge in [-0.3, -0.25) is 14.5 Å². The fourth-order valence-corrected chi connectivity index (χ4v) is 4.50. The summed E-state index contributed by atoms with van der Waals surface area (Å²) in [4.78, 5) is 27.3. The highest BCUT2D eigenvalue weighted by Gasteiger charge is 2.62. The van der Waals surface area contributed by atoms with Crippen LogP contribution in [0.2, 0.25) is 0 Å². The molecule has 0 spiro atoms. The summed E-state index contributed by atoms with van der Waals surface area (Å²) < 4.78 is 46.8. The summed E-state index contributed by atoms with van der Waals surface area (Å²) >= 11 is 0. The standard InChI is InChI=1S/C26H28F3N3O4/c1-15-9-10-17(11-18(15)13-32-16(2)31-24(3,4)12-21(32)33)23(34)30-22-19-7-5-6-8-20(19)36-14-25(22,35)26(27,28)29/h5-11,22,31,35H,2,12-14H2,1,3-4H3,(H,30,34). The highest BCUT2D eigenvalue weighted by molar-refractivity contribution is 5.95. The van der Waals surface area contributed by atoms with Crippen molar-refractivity contribution < 1.29 is 32.6 Å². The lowest BCUT2D eigenvalue weighted by Crippen LogP contribution is -2.60. The summed E-state index contributed by atoms with van der Waals surface area (Å²) in [5.41, 5.74) is -2.21. The van der Waals surface area contributed by atoms with E-state index < -0.39 is 35.9 Å². The summed E-state index contributed by atoms with van der Waals surface area (Å²) in [5.74, 6) is -0.353. The van der Waals surface area contributed by atoms with Gasteiger partial charge in [0.2, 0.25) is 11.5 Å². The van der Waals surface area contributed by atoms with Crippen LogP contribution in [0.25, 0.3) is 0 Å². The molecule has 0 saturated carbocycles. The van der Waals surface area contributed by atoms with Crippen LogP contribution in [0.15, 0.2) is 54.9 Å². The number of hydrogen-bond acceptors (Lipinski definition) is 5. The molecule has 7 nitrogen and oxygen atoms in total. The van der Waals surface area contributed by atoms with E-state index in [1.807, 2.05) is 20.8 Å². The van der Waals surface area contributed by atoms with Gasteiger partial charge in [0.25, 0.3) is 5.91 Å². The van der Waals surface area contributed by atoms with Crippen molar-refractivity contribution >= 4 is 11.8 Å². The molecule has 2 unspecified atom stereocenters. The Kier molecular flexibility index (Phi) is 6.28. The van der Waals surface area contributed by atoms with Crippen LogP contribution in [-0.2, 0) is 11.3 Å². The smallest absolute Gasteiger partial charge is 0.423 e. The van der Waals surface area contributed by atoms with Crippen molar-refractivity contribution in [2.45, 2.75) is 57.1 Å². The lowest BCUT2D eigenvalue weighted by molar-refractivity contribution is -0.282. The Morgan fingerprint density at radius 3 is 2.64 bits per heavy atom. The first-order valence-electron chi connectivity index (χ1n) is 11.4. The Hall–Kier alpha value is -3.53. The van der Waals surface area contributed by atoms with Crippen molar-refractivity contribution in [2.75, 3.05) is 6.61 Å². The van der Waals surface area contributed by atoms with Gasteiger partial charge in [0.05, 0.1) is 12.6 Å². The number of nitrogens with zero attached hydrogens (tertiary/aromatic N) is 1. The minimum Gasteiger partial charge on any atom is -0.490 e. The Bertz CT molecular complexity index is 1210. The second-order valence-corrected chi connectivity index (χ2v) is 9.91. The van der Waals surface area contributed by atoms with Crippen LogP contribution >= 0.6 is 0 Å². The molecule has 2 aromatic rings. The van der Waals surface area contributed by atoms with Gasteiger partial charge in [0, 0.05) is 23.1 Å². The van der Waals surface area contributed by atoms with E-state index in [9.17, 15) is 27.9 Å². The highest BCUT2D eigenvalue weighted by Crippen LogP contribution is 2.46. The number of halogens is 3. The fourth-order valence-electron chi connectivity index (χ4n) is 4.50. The number of aliphatic hydroxyl groups is 1. The van der Waals surface area contributed by atoms with E-state index in [-0.39, 0.29) is 35.7 Å². The normalized spacial score (nSPS) is 23.4. The van der Waals surface area contributed by atoms with Gasteiger partial charge in [0.1, 0.15) is 18.2 Å². The van der Waals surface area contributed by atoms with Crippen LogP contribution < -0.4 is 15.4 Å². The van der Waals surface area contributed by atoms with Crippen molar-refractivity contribution in [3.8, 4) is 5.75 Å². The SMILES string of the molecule is C=C1NC(C)(C)CC(=O)N1Cc1cc(C(=O)NC2c3ccccc3OCC2(O)C(F)(F)F)ccc1C. The van der Waals surface area contributed by atoms with Gasteiger partial charge in [-0.15, -0.1) is 0 Å². The van der Waals surface area contributed by atoms with Crippen LogP contribution in [0, 0.1) is 6.92 Å². The lowest BCUT2D eigenvalue weighted by Gasteiger charge is -2.41. The molecular formula is C26H28F3N3O4. The van der Waals surface area contributed by atoms with Gasteiger partial charge < -0.3 is 20.5 Å². The molecule has 10 heteroatoms. The third kappa shape index (κ3) is 4.65. The Morgan fingerprint density at radius 1 is 1.28 bits per heavy atom. The Morgan fingerprint density at radius 2 is 1.97 bits per heavy atom. The summed E-state index contributed by atoms with van der Waals surface area (Å²) in [6.45, 7) is 8.60. The minimum atomic E-state index is -5.06. The van der Waals surface area contributed by atoms with Crippen molar-refractivity contribution in [3.05, 3.63) is 77.1 Å². The summed E-state index contributed by atoms with van der Waals surface area (Å²) in [6, 6.07) is 8.84. The highest BCUT2D eigenvalue weighted by atomic mass is 19.4. The molecule has 2 amide bonds. The van der Waals surface area contributed by atoms with E-state index >= 15 is 0 Å². The molecule has 0 aliphatic carbocycles. The van der Waals surface area contributed by atoms with Crippen molar-refractivity contribution in [1.29, 1.82) is 0 Å². The average molecular weight is 504 g/mol. The number of benzene rings is 2. The zero-order chi connectivity index (χ0) is 26.5. The second-order valence-electron chi connectivity index (χ2n) is 9.91. The molecule has 2 aliphatic heterocycles. The maximum absolute atomic E-state index is 13.9. The molecule has 2 heterocycles. The summed E-state index contributed by atoms with van der Waals surface area (Å²) in [5, 5.41) is 16.2. The van der Waals surface area contributed by atoms with Crippen molar-refractivity contribution in [2.24, 2.45) is 0 Å². The average Bonchev–Trinajstić information content (AvgIpc) is 2.78. The number of amides is 2. The second kappa shape index (κ2) is 8.85. The molecule has 36 heavy (non-hydrogen) atoms. The molecule has 0 radical (unpaired) electrons. The molecule has 4 rings (SSSR count). The molecular weight excluding hydrogens is 475 g/mol. The Balaban J connectivity index is 1.62. The van der Waals surface area contributed by atoms with Crippen LogP contribution in [0.5, 0.6) is 5.75 Å². The topological polar surface area (TPSA) is 90.9 Å².